The highest BCUT2D eigenvalue weighted by Gasteiger charge is 2.04. The van der Waals surface area contributed by atoms with Crippen LogP contribution in [0.15, 0.2) is 60.7 Å². The molecule has 2 aromatic carbocycles. The second kappa shape index (κ2) is 9.45. The highest BCUT2D eigenvalue weighted by Crippen LogP contribution is 2.10. The number of carbonyl (C=O) groups is 1. The molecule has 0 spiro atoms. The van der Waals surface area contributed by atoms with E-state index < -0.39 is 6.10 Å². The molecule has 0 amide bonds. The van der Waals surface area contributed by atoms with E-state index in [4.69, 9.17) is 4.74 Å². The van der Waals surface area contributed by atoms with Gasteiger partial charge in [0.05, 0.1) is 12.2 Å². The Labute approximate surface area is 136 Å². The van der Waals surface area contributed by atoms with Gasteiger partial charge in [0.1, 0.15) is 6.10 Å². The number of aliphatic hydroxyl groups is 1. The van der Waals surface area contributed by atoms with Crippen LogP contribution in [0.3, 0.4) is 0 Å². The van der Waals surface area contributed by atoms with Gasteiger partial charge in [-0.3, -0.25) is 0 Å². The Morgan fingerprint density at radius 2 is 1.65 bits per heavy atom. The maximum Gasteiger partial charge on any atom is 0.338 e. The minimum absolute atomic E-state index is 0.295. The van der Waals surface area contributed by atoms with Crippen LogP contribution in [0.1, 0.15) is 41.3 Å². The van der Waals surface area contributed by atoms with Gasteiger partial charge in [-0.2, -0.15) is 0 Å². The molecule has 0 aromatic heterocycles. The van der Waals surface area contributed by atoms with Crippen molar-refractivity contribution in [3.8, 4) is 11.8 Å². The number of benzene rings is 2. The van der Waals surface area contributed by atoms with Gasteiger partial charge in [0.2, 0.25) is 0 Å². The van der Waals surface area contributed by atoms with Crippen LogP contribution in [0, 0.1) is 11.8 Å². The molecule has 0 fully saturated rings. The third-order valence-corrected chi connectivity index (χ3v) is 3.29. The van der Waals surface area contributed by atoms with Crippen molar-refractivity contribution in [3.05, 3.63) is 71.8 Å². The van der Waals surface area contributed by atoms with E-state index in [1.807, 2.05) is 48.5 Å². The Kier molecular flexibility index (Phi) is 6.90. The monoisotopic (exact) mass is 308 g/mol. The zero-order valence-electron chi connectivity index (χ0n) is 12.9. The average molecular weight is 308 g/mol. The smallest absolute Gasteiger partial charge is 0.338 e. The molecule has 1 atom stereocenters. The standard InChI is InChI=1S/C20H20O3/c21-19(17-11-5-3-6-12-17)15-9-1-2-10-16-23-20(22)18-13-7-4-8-14-18/h3-8,11-14,19,21H,1-2,10,16H2/t19-/m1/s1. The first-order chi connectivity index (χ1) is 11.3. The predicted octanol–water partition coefficient (Wildman–Crippen LogP) is 3.75. The maximum absolute atomic E-state index is 11.7. The van der Waals surface area contributed by atoms with Gasteiger partial charge in [0.25, 0.3) is 0 Å². The van der Waals surface area contributed by atoms with E-state index in [2.05, 4.69) is 11.8 Å². The highest BCUT2D eigenvalue weighted by molar-refractivity contribution is 5.89. The van der Waals surface area contributed by atoms with Crippen molar-refractivity contribution in [2.24, 2.45) is 0 Å². The van der Waals surface area contributed by atoms with E-state index in [1.54, 1.807) is 12.1 Å². The van der Waals surface area contributed by atoms with Crippen LogP contribution < -0.4 is 0 Å². The summed E-state index contributed by atoms with van der Waals surface area (Å²) in [5.41, 5.74) is 1.37. The summed E-state index contributed by atoms with van der Waals surface area (Å²) in [7, 11) is 0. The van der Waals surface area contributed by atoms with Gasteiger partial charge < -0.3 is 9.84 Å². The summed E-state index contributed by atoms with van der Waals surface area (Å²) in [6, 6.07) is 18.3. The van der Waals surface area contributed by atoms with Gasteiger partial charge in [-0.15, -0.1) is 5.92 Å². The number of carbonyl (C=O) groups excluding carboxylic acids is 1. The molecule has 0 bridgehead atoms. The van der Waals surface area contributed by atoms with E-state index in [-0.39, 0.29) is 5.97 Å². The van der Waals surface area contributed by atoms with Gasteiger partial charge in [-0.25, -0.2) is 4.79 Å². The third-order valence-electron chi connectivity index (χ3n) is 3.29. The first kappa shape index (κ1) is 16.8. The third kappa shape index (κ3) is 5.98. The molecule has 23 heavy (non-hydrogen) atoms. The van der Waals surface area contributed by atoms with Crippen molar-refractivity contribution in [1.82, 2.24) is 0 Å². The maximum atomic E-state index is 11.7. The van der Waals surface area contributed by atoms with Gasteiger partial charge in [0, 0.05) is 6.42 Å². The number of rotatable bonds is 6. The number of aliphatic hydroxyl groups excluding tert-OH is 1. The molecule has 3 heteroatoms. The molecule has 118 valence electrons. The van der Waals surface area contributed by atoms with Crippen molar-refractivity contribution < 1.29 is 14.6 Å². The minimum atomic E-state index is -0.743. The van der Waals surface area contributed by atoms with Crippen LogP contribution >= 0.6 is 0 Å². The number of hydrogen-bond acceptors (Lipinski definition) is 3. The van der Waals surface area contributed by atoms with Gasteiger partial charge >= 0.3 is 5.97 Å². The molecule has 3 nitrogen and oxygen atoms in total. The van der Waals surface area contributed by atoms with Gasteiger partial charge in [0.15, 0.2) is 0 Å². The molecule has 1 N–H and O–H groups in total. The van der Waals surface area contributed by atoms with Gasteiger partial charge in [-0.05, 0) is 30.5 Å². The largest absolute Gasteiger partial charge is 0.462 e. The SMILES string of the molecule is O=C(OCCCCC#C[C@@H](O)c1ccccc1)c1ccccc1. The lowest BCUT2D eigenvalue weighted by atomic mass is 10.1. The second-order valence-corrected chi connectivity index (χ2v) is 5.09. The predicted molar refractivity (Wildman–Crippen MR) is 89.8 cm³/mol. The first-order valence-corrected chi connectivity index (χ1v) is 7.71. The topological polar surface area (TPSA) is 46.5 Å². The molecule has 0 radical (unpaired) electrons. The van der Waals surface area contributed by atoms with Crippen molar-refractivity contribution in [3.63, 3.8) is 0 Å². The van der Waals surface area contributed by atoms with Crippen LogP contribution in [-0.4, -0.2) is 17.7 Å². The van der Waals surface area contributed by atoms with E-state index in [0.29, 0.717) is 18.6 Å². The van der Waals surface area contributed by atoms with E-state index in [0.717, 1.165) is 18.4 Å². The van der Waals surface area contributed by atoms with Crippen molar-refractivity contribution in [2.75, 3.05) is 6.61 Å². The fraction of sp³-hybridized carbons (Fsp3) is 0.250. The molecule has 2 aromatic rings. The Morgan fingerprint density at radius 3 is 2.35 bits per heavy atom. The minimum Gasteiger partial charge on any atom is -0.462 e. The summed E-state index contributed by atoms with van der Waals surface area (Å²) in [6.45, 7) is 0.386. The molecular weight excluding hydrogens is 288 g/mol. The Hall–Kier alpha value is -2.57. The molecule has 0 saturated heterocycles. The number of unbranched alkanes of at least 4 members (excludes halogenated alkanes) is 2. The normalized spacial score (nSPS) is 11.2. The molecule has 0 saturated carbocycles. The summed E-state index contributed by atoms with van der Waals surface area (Å²) in [5.74, 6) is 5.49. The summed E-state index contributed by atoms with van der Waals surface area (Å²) in [5, 5.41) is 9.88. The molecule has 0 aliphatic carbocycles. The molecule has 0 aliphatic heterocycles. The van der Waals surface area contributed by atoms with E-state index in [1.165, 1.54) is 0 Å². The number of esters is 1. The van der Waals surface area contributed by atoms with Crippen LogP contribution in [-0.2, 0) is 4.74 Å². The summed E-state index contributed by atoms with van der Waals surface area (Å²) < 4.78 is 5.19. The highest BCUT2D eigenvalue weighted by atomic mass is 16.5. The molecule has 0 unspecified atom stereocenters. The lowest BCUT2D eigenvalue weighted by Gasteiger charge is -2.04. The molecule has 0 heterocycles. The molecular formula is C20H20O3. The Bertz CT molecular complexity index is 654. The molecule has 2 rings (SSSR count). The van der Waals surface area contributed by atoms with Crippen molar-refractivity contribution in [1.29, 1.82) is 0 Å². The molecule has 0 aliphatic rings. The number of ether oxygens (including phenoxy) is 1. The van der Waals surface area contributed by atoms with Crippen molar-refractivity contribution in [2.45, 2.75) is 25.4 Å². The van der Waals surface area contributed by atoms with E-state index in [9.17, 15) is 9.90 Å². The first-order valence-electron chi connectivity index (χ1n) is 7.71. The zero-order chi connectivity index (χ0) is 16.3. The van der Waals surface area contributed by atoms with Gasteiger partial charge in [-0.1, -0.05) is 54.5 Å². The number of hydrogen-bond donors (Lipinski definition) is 1. The fourth-order valence-corrected chi connectivity index (χ4v) is 2.03. The van der Waals surface area contributed by atoms with Crippen LogP contribution in [0.2, 0.25) is 0 Å². The Morgan fingerprint density at radius 1 is 1.00 bits per heavy atom. The van der Waals surface area contributed by atoms with Crippen LogP contribution in [0.5, 0.6) is 0 Å². The van der Waals surface area contributed by atoms with E-state index >= 15 is 0 Å². The lowest BCUT2D eigenvalue weighted by molar-refractivity contribution is 0.0499. The summed E-state index contributed by atoms with van der Waals surface area (Å²) in [6.07, 6.45) is 1.52. The van der Waals surface area contributed by atoms with Crippen molar-refractivity contribution >= 4 is 5.97 Å². The van der Waals surface area contributed by atoms with Crippen LogP contribution in [0.25, 0.3) is 0 Å². The zero-order valence-corrected chi connectivity index (χ0v) is 12.9. The quantitative estimate of drug-likeness (QED) is 0.502. The lowest BCUT2D eigenvalue weighted by Crippen LogP contribution is -2.06. The summed E-state index contributed by atoms with van der Waals surface area (Å²) in [4.78, 5) is 11.7. The average Bonchev–Trinajstić information content (AvgIpc) is 2.62. The second-order valence-electron chi connectivity index (χ2n) is 5.09. The Balaban J connectivity index is 1.61. The summed E-state index contributed by atoms with van der Waals surface area (Å²) >= 11 is 0. The fourth-order valence-electron chi connectivity index (χ4n) is 2.03. The van der Waals surface area contributed by atoms with Crippen LogP contribution in [0.4, 0.5) is 0 Å².